The number of nitrogens with zero attached hydrogens (tertiary/aromatic N) is 1. The second-order valence-electron chi connectivity index (χ2n) is 1.52. The maximum absolute atomic E-state index is 9.91. The second kappa shape index (κ2) is 5.78. The molecule has 6 nitrogen and oxygen atoms in total. The Morgan fingerprint density at radius 2 is 2.27 bits per heavy atom. The zero-order valence-corrected chi connectivity index (χ0v) is 6.41. The second-order valence-corrected chi connectivity index (χ2v) is 2.62. The summed E-state index contributed by atoms with van der Waals surface area (Å²) < 4.78 is 0. The molecule has 0 spiro atoms. The van der Waals surface area contributed by atoms with Gasteiger partial charge < -0.3 is 5.11 Å². The minimum atomic E-state index is -0.919. The fourth-order valence-corrected chi connectivity index (χ4v) is 0.845. The van der Waals surface area contributed by atoms with Crippen molar-refractivity contribution in [2.24, 2.45) is 0 Å². The first-order chi connectivity index (χ1) is 5.13. The molecule has 7 heteroatoms. The largest absolute Gasteiger partial charge is 0.481 e. The first-order valence-corrected chi connectivity index (χ1v) is 3.87. The van der Waals surface area contributed by atoms with Crippen LogP contribution in [0.2, 0.25) is 0 Å². The molecule has 2 N–H and O–H groups in total. The van der Waals surface area contributed by atoms with Crippen molar-refractivity contribution in [3.05, 3.63) is 4.91 Å². The molecule has 0 radical (unpaired) electrons. The molecule has 0 aromatic carbocycles. The number of rotatable bonds is 6. The molecule has 0 atom stereocenters. The van der Waals surface area contributed by atoms with E-state index in [0.717, 1.165) is 11.8 Å². The van der Waals surface area contributed by atoms with Crippen LogP contribution >= 0.6 is 11.8 Å². The van der Waals surface area contributed by atoms with Crippen molar-refractivity contribution >= 4 is 17.7 Å². The molecule has 0 fully saturated rings. The zero-order valence-electron chi connectivity index (χ0n) is 5.60. The first-order valence-electron chi connectivity index (χ1n) is 2.71. The Labute approximate surface area is 66.6 Å². The number of carboxylic acid groups (broad SMARTS) is 1. The highest BCUT2D eigenvalue weighted by Gasteiger charge is 2.03. The van der Waals surface area contributed by atoms with E-state index in [1.165, 1.54) is 0 Å². The van der Waals surface area contributed by atoms with E-state index in [0.29, 0.717) is 5.75 Å². The van der Waals surface area contributed by atoms with Gasteiger partial charge in [-0.05, 0) is 0 Å². The summed E-state index contributed by atoms with van der Waals surface area (Å²) in [5.41, 5.74) is 0. The molecule has 0 saturated heterocycles. The molecule has 0 heterocycles. The summed E-state index contributed by atoms with van der Waals surface area (Å²) in [5.74, 6) is -0.600. The van der Waals surface area contributed by atoms with Crippen LogP contribution in [-0.2, 0) is 9.63 Å². The predicted molar refractivity (Wildman–Crippen MR) is 36.3 cm³/mol. The summed E-state index contributed by atoms with van der Waals surface area (Å²) in [5, 5.41) is 15.4. The van der Waals surface area contributed by atoms with Crippen LogP contribution in [0.15, 0.2) is 0 Å². The van der Waals surface area contributed by atoms with Crippen LogP contribution < -0.4 is 0 Å². The average molecular weight is 182 g/mol. The molecule has 0 rings (SSSR count). The van der Waals surface area contributed by atoms with Gasteiger partial charge in [0, 0.05) is 5.75 Å². The Balaban J connectivity index is 3.03. The van der Waals surface area contributed by atoms with Gasteiger partial charge in [0.1, 0.15) is 4.91 Å². The van der Waals surface area contributed by atoms with Crippen molar-refractivity contribution in [2.75, 3.05) is 18.1 Å². The topological polar surface area (TPSA) is 86.8 Å². The lowest BCUT2D eigenvalue weighted by atomic mass is 10.8. The quantitative estimate of drug-likeness (QED) is 0.440. The molecule has 0 aromatic rings. The Bertz CT molecular complexity index is 133. The molecule has 64 valence electrons. The summed E-state index contributed by atoms with van der Waals surface area (Å²) in [6, 6.07) is 0. The summed E-state index contributed by atoms with van der Waals surface area (Å²) in [6.45, 7) is -0.00204. The normalized spacial score (nSPS) is 9.09. The smallest absolute Gasteiger partial charge is 0.475 e. The fraction of sp³-hybridized carbons (Fsp3) is 0.750. The first kappa shape index (κ1) is 10.0. The lowest BCUT2D eigenvalue weighted by Gasteiger charge is -1.91. The molecule has 0 aliphatic heterocycles. The molecular formula is C4H8NO5S+. The Kier molecular flexibility index (Phi) is 5.26. The Morgan fingerprint density at radius 1 is 1.64 bits per heavy atom. The number of hydrogen-bond donors (Lipinski definition) is 2. The number of aliphatic carboxylic acids is 1. The van der Waals surface area contributed by atoms with Gasteiger partial charge in [-0.15, -0.1) is 11.8 Å². The monoisotopic (exact) mass is 182 g/mol. The highest BCUT2D eigenvalue weighted by Crippen LogP contribution is 1.97. The zero-order chi connectivity index (χ0) is 8.69. The maximum Gasteiger partial charge on any atom is 0.475 e. The third-order valence-corrected chi connectivity index (χ3v) is 1.56. The molecular weight excluding hydrogens is 174 g/mol. The predicted octanol–water partition coefficient (Wildman–Crippen LogP) is -0.0961. The van der Waals surface area contributed by atoms with E-state index in [-0.39, 0.29) is 12.4 Å². The van der Waals surface area contributed by atoms with Crippen LogP contribution in [0.5, 0.6) is 0 Å². The number of carboxylic acids is 1. The Morgan fingerprint density at radius 3 is 2.73 bits per heavy atom. The number of thioether (sulfide) groups is 1. The van der Waals surface area contributed by atoms with Gasteiger partial charge in [0.05, 0.1) is 5.75 Å². The molecule has 0 bridgehead atoms. The minimum absolute atomic E-state index is 0.00204. The van der Waals surface area contributed by atoms with Gasteiger partial charge in [0.25, 0.3) is 0 Å². The van der Waals surface area contributed by atoms with E-state index < -0.39 is 11.1 Å². The van der Waals surface area contributed by atoms with Crippen molar-refractivity contribution in [3.63, 3.8) is 0 Å². The van der Waals surface area contributed by atoms with E-state index in [2.05, 4.69) is 4.84 Å². The van der Waals surface area contributed by atoms with Crippen LogP contribution in [0.1, 0.15) is 0 Å². The van der Waals surface area contributed by atoms with Crippen LogP contribution in [0, 0.1) is 4.91 Å². The van der Waals surface area contributed by atoms with E-state index in [1.807, 2.05) is 0 Å². The molecule has 0 saturated carbocycles. The standard InChI is InChI=1S/C4H7NO5S/c6-4(7)3-11-2-1-10-5(8)9/h1-3H2,(H-,6,7,8,9)/p+1. The highest BCUT2D eigenvalue weighted by molar-refractivity contribution is 7.99. The summed E-state index contributed by atoms with van der Waals surface area (Å²) in [4.78, 5) is 23.6. The van der Waals surface area contributed by atoms with Gasteiger partial charge in [-0.1, -0.05) is 0 Å². The van der Waals surface area contributed by atoms with Gasteiger partial charge in [0.2, 0.25) is 0 Å². The van der Waals surface area contributed by atoms with Gasteiger partial charge in [-0.2, -0.15) is 4.84 Å². The highest BCUT2D eigenvalue weighted by atomic mass is 32.2. The summed E-state index contributed by atoms with van der Waals surface area (Å²) in [6.07, 6.45) is 0. The van der Waals surface area contributed by atoms with E-state index in [4.69, 9.17) is 10.3 Å². The van der Waals surface area contributed by atoms with E-state index >= 15 is 0 Å². The lowest BCUT2D eigenvalue weighted by molar-refractivity contribution is -0.975. The molecule has 0 aromatic heterocycles. The van der Waals surface area contributed by atoms with Crippen LogP contribution in [0.3, 0.4) is 0 Å². The third kappa shape index (κ3) is 9.02. The molecule has 0 amide bonds. The van der Waals surface area contributed by atoms with E-state index in [9.17, 15) is 9.70 Å². The van der Waals surface area contributed by atoms with Crippen molar-refractivity contribution < 1.29 is 25.0 Å². The van der Waals surface area contributed by atoms with Crippen LogP contribution in [0.4, 0.5) is 0 Å². The minimum Gasteiger partial charge on any atom is -0.481 e. The van der Waals surface area contributed by atoms with E-state index in [1.54, 1.807) is 0 Å². The van der Waals surface area contributed by atoms with Crippen molar-refractivity contribution in [1.29, 1.82) is 0 Å². The van der Waals surface area contributed by atoms with Gasteiger partial charge in [-0.25, -0.2) is 5.21 Å². The average Bonchev–Trinajstić information content (AvgIpc) is 1.85. The fourth-order valence-electron chi connectivity index (χ4n) is 0.334. The molecule has 0 unspecified atom stereocenters. The van der Waals surface area contributed by atoms with Crippen molar-refractivity contribution in [3.8, 4) is 0 Å². The maximum atomic E-state index is 9.91. The SMILES string of the molecule is O=C(O)CSCCO[N+](=O)O. The number of carbonyl (C=O) groups is 1. The van der Waals surface area contributed by atoms with Gasteiger partial charge in [-0.3, -0.25) is 4.79 Å². The van der Waals surface area contributed by atoms with Gasteiger partial charge in [0.15, 0.2) is 6.61 Å². The molecule has 0 aliphatic carbocycles. The summed E-state index contributed by atoms with van der Waals surface area (Å²) >= 11 is 1.10. The summed E-state index contributed by atoms with van der Waals surface area (Å²) in [7, 11) is 0. The van der Waals surface area contributed by atoms with Crippen LogP contribution in [0.25, 0.3) is 0 Å². The number of hydrogen-bond acceptors (Lipinski definition) is 4. The lowest BCUT2D eigenvalue weighted by Crippen LogP contribution is -2.08. The van der Waals surface area contributed by atoms with Crippen molar-refractivity contribution in [1.82, 2.24) is 0 Å². The Hall–Kier alpha value is -0.980. The van der Waals surface area contributed by atoms with Crippen molar-refractivity contribution in [2.45, 2.75) is 0 Å². The molecule has 11 heavy (non-hydrogen) atoms. The van der Waals surface area contributed by atoms with Crippen LogP contribution in [-0.4, -0.2) is 39.5 Å². The van der Waals surface area contributed by atoms with Gasteiger partial charge >= 0.3 is 11.1 Å². The third-order valence-electron chi connectivity index (χ3n) is 0.655. The molecule has 0 aliphatic rings.